The van der Waals surface area contributed by atoms with Crippen LogP contribution in [-0.2, 0) is 23.7 Å². The summed E-state index contributed by atoms with van der Waals surface area (Å²) in [4.78, 5) is 22.8. The molecule has 0 saturated carbocycles. The molecule has 1 aromatic rings. The zero-order valence-corrected chi connectivity index (χ0v) is 16.9. The minimum Gasteiger partial charge on any atom is -0.388 e. The van der Waals surface area contributed by atoms with E-state index in [1.807, 2.05) is 24.6 Å². The molecule has 10 nitrogen and oxygen atoms in total. The van der Waals surface area contributed by atoms with Gasteiger partial charge < -0.3 is 29.6 Å². The molecule has 0 fully saturated rings. The maximum atomic E-state index is 11.9. The molecule has 1 rings (SSSR count). The minimum absolute atomic E-state index is 0.128. The van der Waals surface area contributed by atoms with Gasteiger partial charge in [0.25, 0.3) is 5.91 Å². The Bertz CT molecular complexity index is 570. The van der Waals surface area contributed by atoms with Crippen molar-refractivity contribution in [3.63, 3.8) is 0 Å². The molecule has 1 aromatic carbocycles. The minimum atomic E-state index is -0.261. The van der Waals surface area contributed by atoms with Crippen molar-refractivity contribution in [3.8, 4) is 0 Å². The molecule has 0 heterocycles. The lowest BCUT2D eigenvalue weighted by molar-refractivity contribution is -0.122. The first-order chi connectivity index (χ1) is 14.2. The molecule has 0 saturated heterocycles. The Labute approximate surface area is 171 Å². The predicted molar refractivity (Wildman–Crippen MR) is 109 cm³/mol. The summed E-state index contributed by atoms with van der Waals surface area (Å²) in [6.45, 7) is 3.80. The molecule has 0 bridgehead atoms. The highest BCUT2D eigenvalue weighted by Crippen LogP contribution is 2.08. The Balaban J connectivity index is 1.84. The van der Waals surface area contributed by atoms with Crippen molar-refractivity contribution in [1.29, 1.82) is 0 Å². The number of carbonyl (C=O) groups excluding carboxylic acids is 2. The van der Waals surface area contributed by atoms with Gasteiger partial charge >= 0.3 is 0 Å². The van der Waals surface area contributed by atoms with Gasteiger partial charge in [-0.05, 0) is 24.3 Å². The molecular weight excluding hydrogens is 380 g/mol. The second-order valence-corrected chi connectivity index (χ2v) is 5.85. The van der Waals surface area contributed by atoms with Gasteiger partial charge in [-0.1, -0.05) is 0 Å². The normalized spacial score (nSPS) is 10.6. The lowest BCUT2D eigenvalue weighted by atomic mass is 10.2. The molecule has 0 spiro atoms. The summed E-state index contributed by atoms with van der Waals surface area (Å²) in [6, 6.07) is 7.24. The largest absolute Gasteiger partial charge is 0.388 e. The summed E-state index contributed by atoms with van der Waals surface area (Å²) in [5.41, 5.74) is 3.60. The molecule has 29 heavy (non-hydrogen) atoms. The number of hydrazine groups is 1. The van der Waals surface area contributed by atoms with E-state index in [4.69, 9.17) is 24.8 Å². The van der Waals surface area contributed by atoms with Crippen LogP contribution in [0.4, 0.5) is 5.69 Å². The van der Waals surface area contributed by atoms with E-state index >= 15 is 0 Å². The highest BCUT2D eigenvalue weighted by molar-refractivity contribution is 5.94. The number of anilines is 1. The molecule has 10 heteroatoms. The number of hydrogen-bond donors (Lipinski definition) is 4. The molecule has 0 atom stereocenters. The Morgan fingerprint density at radius 1 is 0.828 bits per heavy atom. The number of amides is 2. The smallest absolute Gasteiger partial charge is 0.251 e. The zero-order valence-electron chi connectivity index (χ0n) is 16.9. The third-order valence-electron chi connectivity index (χ3n) is 3.72. The van der Waals surface area contributed by atoms with Gasteiger partial charge in [0.05, 0.1) is 59.3 Å². The highest BCUT2D eigenvalue weighted by Gasteiger charge is 2.04. The van der Waals surface area contributed by atoms with Crippen LogP contribution in [0.25, 0.3) is 0 Å². The number of carbonyl (C=O) groups is 2. The Morgan fingerprint density at radius 2 is 1.34 bits per heavy atom. The summed E-state index contributed by atoms with van der Waals surface area (Å²) in [7, 11) is 1.83. The molecule has 164 valence electrons. The van der Waals surface area contributed by atoms with Gasteiger partial charge in [-0.2, -0.15) is 0 Å². The van der Waals surface area contributed by atoms with Gasteiger partial charge in [0.2, 0.25) is 5.91 Å². The molecular formula is C19H32N4O6. The van der Waals surface area contributed by atoms with E-state index in [-0.39, 0.29) is 18.2 Å². The molecule has 0 aliphatic rings. The summed E-state index contributed by atoms with van der Waals surface area (Å²) < 4.78 is 21.3. The van der Waals surface area contributed by atoms with Gasteiger partial charge in [-0.3, -0.25) is 15.0 Å². The van der Waals surface area contributed by atoms with E-state index in [2.05, 4.69) is 10.6 Å². The van der Waals surface area contributed by atoms with Gasteiger partial charge in [-0.15, -0.1) is 0 Å². The first kappa shape index (κ1) is 24.8. The highest BCUT2D eigenvalue weighted by atomic mass is 16.6. The molecule has 2 amide bonds. The number of hydrogen-bond acceptors (Lipinski definition) is 8. The van der Waals surface area contributed by atoms with Crippen molar-refractivity contribution in [1.82, 2.24) is 10.7 Å². The van der Waals surface area contributed by atoms with Crippen LogP contribution in [0.1, 0.15) is 16.8 Å². The Kier molecular flexibility index (Phi) is 14.3. The van der Waals surface area contributed by atoms with Crippen LogP contribution in [-0.4, -0.2) is 78.3 Å². The molecule has 0 aromatic heterocycles. The lowest BCUT2D eigenvalue weighted by Gasteiger charge is -2.08. The second-order valence-electron chi connectivity index (χ2n) is 5.85. The van der Waals surface area contributed by atoms with E-state index in [1.165, 1.54) is 0 Å². The van der Waals surface area contributed by atoms with E-state index in [0.29, 0.717) is 65.0 Å². The summed E-state index contributed by atoms with van der Waals surface area (Å²) in [6.07, 6.45) is 0.229. The average Bonchev–Trinajstić information content (AvgIpc) is 2.76. The van der Waals surface area contributed by atoms with Crippen molar-refractivity contribution in [2.45, 2.75) is 6.42 Å². The van der Waals surface area contributed by atoms with E-state index in [9.17, 15) is 9.59 Å². The number of nitrogens with two attached hydrogens (primary N) is 1. The number of nitrogens with one attached hydrogen (secondary N) is 3. The van der Waals surface area contributed by atoms with Crippen LogP contribution in [0.5, 0.6) is 0 Å². The van der Waals surface area contributed by atoms with Crippen molar-refractivity contribution >= 4 is 17.5 Å². The van der Waals surface area contributed by atoms with Crippen molar-refractivity contribution in [2.75, 3.05) is 71.8 Å². The molecule has 0 radical (unpaired) electrons. The van der Waals surface area contributed by atoms with Crippen LogP contribution in [0.2, 0.25) is 0 Å². The Hall–Kier alpha value is -2.24. The SMILES string of the molecule is CNc1ccc(C(=O)NCCOCCOCCOCCOCCC(=O)NN)cc1. The van der Waals surface area contributed by atoms with E-state index in [1.54, 1.807) is 12.1 Å². The predicted octanol–water partition coefficient (Wildman–Crippen LogP) is -0.0955. The molecule has 0 aliphatic carbocycles. The second kappa shape index (κ2) is 16.7. The maximum absolute atomic E-state index is 11.9. The third-order valence-corrected chi connectivity index (χ3v) is 3.72. The van der Waals surface area contributed by atoms with Crippen LogP contribution >= 0.6 is 0 Å². The summed E-state index contributed by atoms with van der Waals surface area (Å²) in [5.74, 6) is 4.56. The van der Waals surface area contributed by atoms with Crippen LogP contribution < -0.4 is 21.9 Å². The molecule has 0 aliphatic heterocycles. The van der Waals surface area contributed by atoms with Crippen LogP contribution in [0.3, 0.4) is 0 Å². The fraction of sp³-hybridized carbons (Fsp3) is 0.579. The number of benzene rings is 1. The first-order valence-corrected chi connectivity index (χ1v) is 9.53. The van der Waals surface area contributed by atoms with Crippen LogP contribution in [0, 0.1) is 0 Å². The van der Waals surface area contributed by atoms with Gasteiger partial charge in [-0.25, -0.2) is 5.84 Å². The fourth-order valence-electron chi connectivity index (χ4n) is 2.13. The monoisotopic (exact) mass is 412 g/mol. The van der Waals surface area contributed by atoms with E-state index < -0.39 is 0 Å². The maximum Gasteiger partial charge on any atom is 0.251 e. The number of ether oxygens (including phenoxy) is 4. The van der Waals surface area contributed by atoms with Gasteiger partial charge in [0.15, 0.2) is 0 Å². The zero-order chi connectivity index (χ0) is 21.2. The quantitative estimate of drug-likeness (QED) is 0.121. The van der Waals surface area contributed by atoms with Crippen LogP contribution in [0.15, 0.2) is 24.3 Å². The third kappa shape index (κ3) is 12.8. The van der Waals surface area contributed by atoms with Crippen molar-refractivity contribution in [2.24, 2.45) is 5.84 Å². The topological polar surface area (TPSA) is 133 Å². The molecule has 5 N–H and O–H groups in total. The Morgan fingerprint density at radius 3 is 1.86 bits per heavy atom. The van der Waals surface area contributed by atoms with E-state index in [0.717, 1.165) is 5.69 Å². The lowest BCUT2D eigenvalue weighted by Crippen LogP contribution is -2.30. The number of rotatable bonds is 17. The summed E-state index contributed by atoms with van der Waals surface area (Å²) >= 11 is 0. The average molecular weight is 412 g/mol. The van der Waals surface area contributed by atoms with Gasteiger partial charge in [0, 0.05) is 24.8 Å². The molecule has 0 unspecified atom stereocenters. The fourth-order valence-corrected chi connectivity index (χ4v) is 2.13. The van der Waals surface area contributed by atoms with Crippen molar-refractivity contribution in [3.05, 3.63) is 29.8 Å². The first-order valence-electron chi connectivity index (χ1n) is 9.53. The standard InChI is InChI=1S/C19H32N4O6/c1-21-17-4-2-16(3-5-17)19(25)22-7-9-27-11-13-29-15-14-28-12-10-26-8-6-18(24)23-20/h2-5,21H,6-15,20H2,1H3,(H,22,25)(H,23,24). The summed E-state index contributed by atoms with van der Waals surface area (Å²) in [5, 5.41) is 5.80. The van der Waals surface area contributed by atoms with Crippen molar-refractivity contribution < 1.29 is 28.5 Å². The van der Waals surface area contributed by atoms with Gasteiger partial charge in [0.1, 0.15) is 0 Å².